The number of carboxylic acid groups (broad SMARTS) is 1. The lowest BCUT2D eigenvalue weighted by molar-refractivity contribution is 0.0698. The number of aromatic nitrogens is 2. The number of fused-ring (bicyclic) bond motifs is 1. The first-order valence-electron chi connectivity index (χ1n) is 6.37. The molecule has 3 rings (SSSR count). The summed E-state index contributed by atoms with van der Waals surface area (Å²) < 4.78 is 2.03. The van der Waals surface area contributed by atoms with Crippen LogP contribution in [0, 0.1) is 5.92 Å². The second kappa shape index (κ2) is 4.12. The van der Waals surface area contributed by atoms with Crippen molar-refractivity contribution < 1.29 is 9.90 Å². The molecule has 1 N–H and O–H groups in total. The maximum atomic E-state index is 11.3. The number of para-hydroxylation sites is 1. The molecule has 2 aromatic rings. The van der Waals surface area contributed by atoms with E-state index in [9.17, 15) is 9.90 Å². The third-order valence-corrected chi connectivity index (χ3v) is 4.10. The van der Waals surface area contributed by atoms with Crippen LogP contribution in [0.2, 0.25) is 0 Å². The van der Waals surface area contributed by atoms with Gasteiger partial charge in [-0.1, -0.05) is 12.5 Å². The molecule has 1 aliphatic rings. The Bertz CT molecular complexity index is 599. The zero-order valence-corrected chi connectivity index (χ0v) is 10.3. The standard InChI is InChI=1S/C14H16N2O2/c1-9(10-4-2-5-10)16-8-15-12-7-3-6-11(13(12)16)14(17)18/h3,6-10H,2,4-5H2,1H3,(H,17,18). The Morgan fingerprint density at radius 3 is 2.89 bits per heavy atom. The summed E-state index contributed by atoms with van der Waals surface area (Å²) in [5.41, 5.74) is 1.86. The van der Waals surface area contributed by atoms with E-state index < -0.39 is 5.97 Å². The SMILES string of the molecule is CC(C1CCC1)n1cnc2cccc(C(=O)O)c21. The van der Waals surface area contributed by atoms with Gasteiger partial charge < -0.3 is 9.67 Å². The highest BCUT2D eigenvalue weighted by atomic mass is 16.4. The molecule has 1 saturated carbocycles. The molecule has 0 aliphatic heterocycles. The van der Waals surface area contributed by atoms with Crippen molar-refractivity contribution in [1.29, 1.82) is 0 Å². The second-order valence-corrected chi connectivity index (χ2v) is 5.06. The van der Waals surface area contributed by atoms with E-state index >= 15 is 0 Å². The van der Waals surface area contributed by atoms with Gasteiger partial charge in [-0.3, -0.25) is 0 Å². The fourth-order valence-corrected chi connectivity index (χ4v) is 2.72. The van der Waals surface area contributed by atoms with E-state index in [0.29, 0.717) is 17.5 Å². The van der Waals surface area contributed by atoms with Gasteiger partial charge in [-0.05, 0) is 37.8 Å². The molecular formula is C14H16N2O2. The fourth-order valence-electron chi connectivity index (χ4n) is 2.72. The summed E-state index contributed by atoms with van der Waals surface area (Å²) in [5, 5.41) is 9.28. The minimum Gasteiger partial charge on any atom is -0.478 e. The molecule has 4 nitrogen and oxygen atoms in total. The van der Waals surface area contributed by atoms with Gasteiger partial charge in [0.25, 0.3) is 0 Å². The van der Waals surface area contributed by atoms with Gasteiger partial charge in [-0.15, -0.1) is 0 Å². The number of benzene rings is 1. The normalized spacial score (nSPS) is 17.6. The Balaban J connectivity index is 2.14. The summed E-state index contributed by atoms with van der Waals surface area (Å²) in [4.78, 5) is 15.6. The first kappa shape index (κ1) is 11.3. The van der Waals surface area contributed by atoms with Crippen LogP contribution in [-0.4, -0.2) is 20.6 Å². The molecule has 1 aromatic carbocycles. The van der Waals surface area contributed by atoms with Crippen LogP contribution in [0.15, 0.2) is 24.5 Å². The van der Waals surface area contributed by atoms with Crippen molar-refractivity contribution >= 4 is 17.0 Å². The molecule has 18 heavy (non-hydrogen) atoms. The topological polar surface area (TPSA) is 55.1 Å². The molecule has 4 heteroatoms. The molecule has 0 radical (unpaired) electrons. The number of imidazole rings is 1. The van der Waals surface area contributed by atoms with Gasteiger partial charge in [-0.25, -0.2) is 9.78 Å². The summed E-state index contributed by atoms with van der Waals surface area (Å²) in [6, 6.07) is 5.59. The van der Waals surface area contributed by atoms with Crippen molar-refractivity contribution in [2.75, 3.05) is 0 Å². The molecule has 1 unspecified atom stereocenters. The second-order valence-electron chi connectivity index (χ2n) is 5.06. The molecule has 1 fully saturated rings. The van der Waals surface area contributed by atoms with E-state index in [1.165, 1.54) is 19.3 Å². The fraction of sp³-hybridized carbons (Fsp3) is 0.429. The van der Waals surface area contributed by atoms with Gasteiger partial charge in [0.15, 0.2) is 0 Å². The molecule has 94 valence electrons. The first-order valence-corrected chi connectivity index (χ1v) is 6.37. The molecule has 1 heterocycles. The maximum Gasteiger partial charge on any atom is 0.337 e. The van der Waals surface area contributed by atoms with Crippen molar-refractivity contribution in [1.82, 2.24) is 9.55 Å². The summed E-state index contributed by atoms with van der Waals surface area (Å²) in [6.45, 7) is 2.16. The van der Waals surface area contributed by atoms with Crippen LogP contribution in [0.25, 0.3) is 11.0 Å². The quantitative estimate of drug-likeness (QED) is 0.902. The Kier molecular flexibility index (Phi) is 2.58. The molecule has 1 aliphatic carbocycles. The highest BCUT2D eigenvalue weighted by Crippen LogP contribution is 2.37. The maximum absolute atomic E-state index is 11.3. The van der Waals surface area contributed by atoms with E-state index in [2.05, 4.69) is 11.9 Å². The van der Waals surface area contributed by atoms with E-state index in [0.717, 1.165) is 11.0 Å². The van der Waals surface area contributed by atoms with Crippen molar-refractivity contribution in [2.24, 2.45) is 5.92 Å². The Labute approximate surface area is 105 Å². The lowest BCUT2D eigenvalue weighted by Gasteiger charge is -2.32. The van der Waals surface area contributed by atoms with E-state index in [1.807, 2.05) is 10.6 Å². The Morgan fingerprint density at radius 1 is 1.50 bits per heavy atom. The molecule has 1 atom stereocenters. The summed E-state index contributed by atoms with van der Waals surface area (Å²) in [7, 11) is 0. The Hall–Kier alpha value is -1.84. The highest BCUT2D eigenvalue weighted by Gasteiger charge is 2.27. The molecule has 0 saturated heterocycles. The molecular weight excluding hydrogens is 228 g/mol. The van der Waals surface area contributed by atoms with Crippen molar-refractivity contribution in [3.8, 4) is 0 Å². The van der Waals surface area contributed by atoms with Gasteiger partial charge in [0.2, 0.25) is 0 Å². The third-order valence-electron chi connectivity index (χ3n) is 4.10. The van der Waals surface area contributed by atoms with Gasteiger partial charge >= 0.3 is 5.97 Å². The van der Waals surface area contributed by atoms with Crippen molar-refractivity contribution in [2.45, 2.75) is 32.2 Å². The average molecular weight is 244 g/mol. The van der Waals surface area contributed by atoms with Crippen LogP contribution >= 0.6 is 0 Å². The van der Waals surface area contributed by atoms with E-state index in [4.69, 9.17) is 0 Å². The monoisotopic (exact) mass is 244 g/mol. The average Bonchev–Trinajstić information content (AvgIpc) is 2.69. The smallest absolute Gasteiger partial charge is 0.337 e. The minimum absolute atomic E-state index is 0.323. The summed E-state index contributed by atoms with van der Waals surface area (Å²) >= 11 is 0. The van der Waals surface area contributed by atoms with E-state index in [1.54, 1.807) is 18.5 Å². The van der Waals surface area contributed by atoms with E-state index in [-0.39, 0.29) is 0 Å². The Morgan fingerprint density at radius 2 is 2.28 bits per heavy atom. The number of hydrogen-bond donors (Lipinski definition) is 1. The van der Waals surface area contributed by atoms with Crippen LogP contribution in [0.3, 0.4) is 0 Å². The number of aromatic carboxylic acids is 1. The molecule has 0 bridgehead atoms. The first-order chi connectivity index (χ1) is 8.68. The largest absolute Gasteiger partial charge is 0.478 e. The lowest BCUT2D eigenvalue weighted by atomic mass is 9.80. The predicted octanol–water partition coefficient (Wildman–Crippen LogP) is 3.10. The summed E-state index contributed by atoms with van der Waals surface area (Å²) in [6.07, 6.45) is 5.53. The van der Waals surface area contributed by atoms with Gasteiger partial charge in [0.1, 0.15) is 0 Å². The molecule has 1 aromatic heterocycles. The number of carbonyl (C=O) groups is 1. The number of hydrogen-bond acceptors (Lipinski definition) is 2. The summed E-state index contributed by atoms with van der Waals surface area (Å²) in [5.74, 6) is -0.229. The van der Waals surface area contributed by atoms with Crippen LogP contribution in [-0.2, 0) is 0 Å². The van der Waals surface area contributed by atoms with Gasteiger partial charge in [0, 0.05) is 6.04 Å². The number of nitrogens with zero attached hydrogens (tertiary/aromatic N) is 2. The highest BCUT2D eigenvalue weighted by molar-refractivity contribution is 6.01. The molecule has 0 amide bonds. The zero-order valence-electron chi connectivity index (χ0n) is 10.3. The van der Waals surface area contributed by atoms with Gasteiger partial charge in [0.05, 0.1) is 22.9 Å². The minimum atomic E-state index is -0.886. The van der Waals surface area contributed by atoms with Crippen molar-refractivity contribution in [3.63, 3.8) is 0 Å². The van der Waals surface area contributed by atoms with Crippen LogP contribution in [0.5, 0.6) is 0 Å². The van der Waals surface area contributed by atoms with Crippen LogP contribution in [0.4, 0.5) is 0 Å². The third kappa shape index (κ3) is 1.60. The molecule has 0 spiro atoms. The van der Waals surface area contributed by atoms with Crippen LogP contribution < -0.4 is 0 Å². The lowest BCUT2D eigenvalue weighted by Crippen LogP contribution is -2.22. The zero-order chi connectivity index (χ0) is 12.7. The van der Waals surface area contributed by atoms with Crippen molar-refractivity contribution in [3.05, 3.63) is 30.1 Å². The van der Waals surface area contributed by atoms with Crippen LogP contribution in [0.1, 0.15) is 42.6 Å². The number of rotatable bonds is 3. The predicted molar refractivity (Wildman–Crippen MR) is 68.7 cm³/mol. The number of carboxylic acids is 1. The van der Waals surface area contributed by atoms with Gasteiger partial charge in [-0.2, -0.15) is 0 Å².